The zero-order valence-electron chi connectivity index (χ0n) is 23.1. The zero-order valence-corrected chi connectivity index (χ0v) is 23.9. The van der Waals surface area contributed by atoms with Gasteiger partial charge in [0.15, 0.2) is 0 Å². The summed E-state index contributed by atoms with van der Waals surface area (Å²) in [7, 11) is 0. The Kier molecular flexibility index (Phi) is 8.92. The van der Waals surface area contributed by atoms with Gasteiger partial charge >= 0.3 is 0 Å². The molecule has 10 heteroatoms. The summed E-state index contributed by atoms with van der Waals surface area (Å²) in [6, 6.07) is 19.3. The second-order valence-electron chi connectivity index (χ2n) is 10.3. The largest absolute Gasteiger partial charge is 0.355 e. The first kappa shape index (κ1) is 28.9. The topological polar surface area (TPSA) is 108 Å². The van der Waals surface area contributed by atoms with Crippen LogP contribution in [-0.4, -0.2) is 54.2 Å². The van der Waals surface area contributed by atoms with Gasteiger partial charge in [-0.1, -0.05) is 54.6 Å². The third kappa shape index (κ3) is 6.66. The Bertz CT molecular complexity index is 1620. The molecule has 0 saturated carbocycles. The van der Waals surface area contributed by atoms with Crippen LogP contribution in [0.25, 0.3) is 10.1 Å². The van der Waals surface area contributed by atoms with Crippen molar-refractivity contribution < 1.29 is 23.6 Å². The van der Waals surface area contributed by atoms with Gasteiger partial charge in [0, 0.05) is 28.6 Å². The highest BCUT2D eigenvalue weighted by Crippen LogP contribution is 2.27. The van der Waals surface area contributed by atoms with Crippen molar-refractivity contribution in [2.24, 2.45) is 0 Å². The van der Waals surface area contributed by atoms with E-state index < -0.39 is 29.7 Å². The second-order valence-corrected chi connectivity index (χ2v) is 11.2. The maximum absolute atomic E-state index is 14.5. The molecular formula is C32H31FN4O4S. The number of hydrogen-bond acceptors (Lipinski definition) is 5. The van der Waals surface area contributed by atoms with E-state index >= 15 is 0 Å². The highest BCUT2D eigenvalue weighted by atomic mass is 32.1. The average Bonchev–Trinajstić information content (AvgIpc) is 3.43. The minimum absolute atomic E-state index is 0.00223. The molecule has 1 aromatic heterocycles. The van der Waals surface area contributed by atoms with Gasteiger partial charge in [0.2, 0.25) is 11.8 Å². The van der Waals surface area contributed by atoms with E-state index in [4.69, 9.17) is 0 Å². The molecule has 0 spiro atoms. The Morgan fingerprint density at radius 3 is 2.55 bits per heavy atom. The molecule has 1 aliphatic heterocycles. The molecule has 3 aromatic carbocycles. The molecule has 0 fully saturated rings. The molecule has 0 saturated heterocycles. The molecule has 3 N–H and O–H groups in total. The van der Waals surface area contributed by atoms with Crippen LogP contribution in [0, 0.1) is 5.82 Å². The summed E-state index contributed by atoms with van der Waals surface area (Å²) in [6.07, 6.45) is 1.04. The normalized spacial score (nSPS) is 19.0. The molecule has 216 valence electrons. The van der Waals surface area contributed by atoms with Crippen LogP contribution >= 0.6 is 11.3 Å². The average molecular weight is 587 g/mol. The molecule has 4 aromatic rings. The number of carbonyl (C=O) groups excluding carboxylic acids is 4. The molecule has 2 heterocycles. The van der Waals surface area contributed by atoms with E-state index in [0.717, 1.165) is 21.2 Å². The van der Waals surface area contributed by atoms with E-state index in [-0.39, 0.29) is 30.5 Å². The van der Waals surface area contributed by atoms with Crippen molar-refractivity contribution in [3.05, 3.63) is 106 Å². The van der Waals surface area contributed by atoms with Gasteiger partial charge in [-0.25, -0.2) is 4.39 Å². The van der Waals surface area contributed by atoms with Crippen molar-refractivity contribution in [3.63, 3.8) is 0 Å². The Morgan fingerprint density at radius 2 is 1.74 bits per heavy atom. The van der Waals surface area contributed by atoms with Crippen LogP contribution in [0.15, 0.2) is 78.2 Å². The lowest BCUT2D eigenvalue weighted by atomic mass is 10.0. The van der Waals surface area contributed by atoms with Crippen molar-refractivity contribution in [2.75, 3.05) is 19.6 Å². The van der Waals surface area contributed by atoms with Gasteiger partial charge in [0.05, 0.1) is 23.7 Å². The van der Waals surface area contributed by atoms with Crippen LogP contribution in [0.2, 0.25) is 0 Å². The van der Waals surface area contributed by atoms with Crippen molar-refractivity contribution in [3.8, 4) is 0 Å². The molecule has 42 heavy (non-hydrogen) atoms. The summed E-state index contributed by atoms with van der Waals surface area (Å²) in [5, 5.41) is 11.0. The fraction of sp³-hybridized carbons (Fsp3) is 0.250. The summed E-state index contributed by atoms with van der Waals surface area (Å²) in [5.41, 5.74) is 1.77. The molecule has 0 radical (unpaired) electrons. The minimum Gasteiger partial charge on any atom is -0.355 e. The molecule has 0 aliphatic carbocycles. The molecule has 2 bridgehead atoms. The van der Waals surface area contributed by atoms with Gasteiger partial charge in [-0.15, -0.1) is 11.3 Å². The fourth-order valence-corrected chi connectivity index (χ4v) is 5.90. The number of halogens is 1. The fourth-order valence-electron chi connectivity index (χ4n) is 4.96. The number of hydrogen-bond donors (Lipinski definition) is 3. The molecule has 0 unspecified atom stereocenters. The first-order chi connectivity index (χ1) is 20.3. The quantitative estimate of drug-likeness (QED) is 0.327. The van der Waals surface area contributed by atoms with Gasteiger partial charge in [-0.2, -0.15) is 0 Å². The molecule has 8 nitrogen and oxygen atoms in total. The predicted molar refractivity (Wildman–Crippen MR) is 160 cm³/mol. The van der Waals surface area contributed by atoms with E-state index in [1.165, 1.54) is 35.3 Å². The van der Waals surface area contributed by atoms with Crippen LogP contribution in [0.4, 0.5) is 4.39 Å². The minimum atomic E-state index is -1.00. The molecule has 2 atom stereocenters. The zero-order chi connectivity index (χ0) is 29.6. The number of nitrogens with zero attached hydrogens (tertiary/aromatic N) is 1. The standard InChI is InChI=1S/C32H31FN4O4S/c1-20-30(39)36-27(22-9-3-2-4-10-22)17-37(32(41)25-19-42-28-12-6-5-11-23(25)28)18-29(38)34-15-7-8-21-13-14-26(33)24(16-21)31(40)35-20/h2-6,9-14,16,19-20,27H,7-8,15,17-18H2,1H3,(H,34,38)(H,35,40)(H,36,39)/t20-,27-/m1/s1. The maximum Gasteiger partial charge on any atom is 0.255 e. The van der Waals surface area contributed by atoms with E-state index in [0.29, 0.717) is 24.9 Å². The van der Waals surface area contributed by atoms with Crippen LogP contribution < -0.4 is 16.0 Å². The van der Waals surface area contributed by atoms with Gasteiger partial charge in [0.1, 0.15) is 11.9 Å². The highest BCUT2D eigenvalue weighted by Gasteiger charge is 2.28. The first-order valence-corrected chi connectivity index (χ1v) is 14.6. The van der Waals surface area contributed by atoms with Gasteiger partial charge in [-0.3, -0.25) is 19.2 Å². The SMILES string of the molecule is C[C@H]1NC(=O)c2cc(ccc2F)CCCNC(=O)CN(C(=O)c2csc3ccccc23)C[C@H](c2ccccc2)NC1=O. The molecular weight excluding hydrogens is 555 g/mol. The lowest BCUT2D eigenvalue weighted by molar-refractivity contribution is -0.123. The lowest BCUT2D eigenvalue weighted by Gasteiger charge is -2.29. The number of amides is 4. The Labute approximate surface area is 246 Å². The summed E-state index contributed by atoms with van der Waals surface area (Å²) in [4.78, 5) is 54.8. The number of fused-ring (bicyclic) bond motifs is 3. The van der Waals surface area contributed by atoms with Gasteiger partial charge in [0.25, 0.3) is 11.8 Å². The number of nitrogens with one attached hydrogen (secondary N) is 3. The summed E-state index contributed by atoms with van der Waals surface area (Å²) in [6.45, 7) is 1.63. The lowest BCUT2D eigenvalue weighted by Crippen LogP contribution is -2.49. The number of thiophene rings is 1. The summed E-state index contributed by atoms with van der Waals surface area (Å²) < 4.78 is 15.5. The van der Waals surface area contributed by atoms with Crippen molar-refractivity contribution in [2.45, 2.75) is 31.8 Å². The van der Waals surface area contributed by atoms with E-state index in [1.54, 1.807) is 11.4 Å². The van der Waals surface area contributed by atoms with Crippen molar-refractivity contribution in [1.29, 1.82) is 0 Å². The highest BCUT2D eigenvalue weighted by molar-refractivity contribution is 7.17. The molecule has 4 amide bonds. The monoisotopic (exact) mass is 586 g/mol. The second kappa shape index (κ2) is 12.9. The van der Waals surface area contributed by atoms with Crippen LogP contribution in [-0.2, 0) is 16.0 Å². The number of benzene rings is 3. The van der Waals surface area contributed by atoms with E-state index in [9.17, 15) is 23.6 Å². The molecule has 5 rings (SSSR count). The third-order valence-corrected chi connectivity index (χ3v) is 8.20. The predicted octanol–water partition coefficient (Wildman–Crippen LogP) is 4.22. The Hall–Kier alpha value is -4.57. The number of aryl methyl sites for hydroxylation is 1. The third-order valence-electron chi connectivity index (χ3n) is 7.24. The van der Waals surface area contributed by atoms with Gasteiger partial charge < -0.3 is 20.9 Å². The maximum atomic E-state index is 14.5. The number of rotatable bonds is 2. The first-order valence-electron chi connectivity index (χ1n) is 13.8. The smallest absolute Gasteiger partial charge is 0.255 e. The van der Waals surface area contributed by atoms with E-state index in [1.807, 2.05) is 54.6 Å². The van der Waals surface area contributed by atoms with Crippen LogP contribution in [0.1, 0.15) is 51.2 Å². The van der Waals surface area contributed by atoms with Crippen molar-refractivity contribution in [1.82, 2.24) is 20.9 Å². The van der Waals surface area contributed by atoms with Crippen LogP contribution in [0.3, 0.4) is 0 Å². The summed E-state index contributed by atoms with van der Waals surface area (Å²) >= 11 is 1.45. The van der Waals surface area contributed by atoms with Crippen LogP contribution in [0.5, 0.6) is 0 Å². The van der Waals surface area contributed by atoms with Gasteiger partial charge in [-0.05, 0) is 49.1 Å². The summed E-state index contributed by atoms with van der Waals surface area (Å²) in [5.74, 6) is -2.57. The van der Waals surface area contributed by atoms with E-state index in [2.05, 4.69) is 16.0 Å². The number of carbonyl (C=O) groups is 4. The Morgan fingerprint density at radius 1 is 0.976 bits per heavy atom. The molecule has 1 aliphatic rings. The van der Waals surface area contributed by atoms with Crippen molar-refractivity contribution >= 4 is 45.1 Å². The Balaban J connectivity index is 1.49.